The van der Waals surface area contributed by atoms with E-state index in [1.807, 2.05) is 13.0 Å². The van der Waals surface area contributed by atoms with Crippen LogP contribution in [-0.4, -0.2) is 30.8 Å². The highest BCUT2D eigenvalue weighted by Gasteiger charge is 2.09. The van der Waals surface area contributed by atoms with E-state index in [9.17, 15) is 4.79 Å². The van der Waals surface area contributed by atoms with Gasteiger partial charge >= 0.3 is 5.97 Å². The van der Waals surface area contributed by atoms with Crippen molar-refractivity contribution in [3.8, 4) is 5.95 Å². The van der Waals surface area contributed by atoms with Gasteiger partial charge < -0.3 is 5.11 Å². The van der Waals surface area contributed by atoms with Crippen molar-refractivity contribution in [3.63, 3.8) is 0 Å². The van der Waals surface area contributed by atoms with Crippen LogP contribution >= 0.6 is 0 Å². The maximum Gasteiger partial charge on any atom is 0.328 e. The summed E-state index contributed by atoms with van der Waals surface area (Å²) in [6.45, 7) is 4.10. The van der Waals surface area contributed by atoms with Crippen LogP contribution in [-0.2, 0) is 17.6 Å². The third-order valence-electron chi connectivity index (χ3n) is 2.82. The monoisotopic (exact) mass is 272 g/mol. The summed E-state index contributed by atoms with van der Waals surface area (Å²) in [5.41, 5.74) is 2.69. The third-order valence-corrected chi connectivity index (χ3v) is 2.82. The van der Waals surface area contributed by atoms with Gasteiger partial charge in [0.05, 0.1) is 5.69 Å². The summed E-state index contributed by atoms with van der Waals surface area (Å²) in [7, 11) is 0. The molecule has 0 saturated heterocycles. The summed E-state index contributed by atoms with van der Waals surface area (Å²) < 4.78 is 1.73. The van der Waals surface area contributed by atoms with Gasteiger partial charge in [0.25, 0.3) is 5.95 Å². The van der Waals surface area contributed by atoms with E-state index in [0.717, 1.165) is 30.3 Å². The molecule has 0 amide bonds. The molecule has 20 heavy (non-hydrogen) atoms. The summed E-state index contributed by atoms with van der Waals surface area (Å²) in [4.78, 5) is 18.9. The topological polar surface area (TPSA) is 80.9 Å². The molecule has 6 nitrogen and oxygen atoms in total. The van der Waals surface area contributed by atoms with Crippen LogP contribution < -0.4 is 0 Å². The quantitative estimate of drug-likeness (QED) is 0.840. The van der Waals surface area contributed by atoms with Gasteiger partial charge in [-0.3, -0.25) is 0 Å². The number of aliphatic carboxylic acids is 1. The van der Waals surface area contributed by atoms with Gasteiger partial charge in [-0.15, -0.1) is 0 Å². The molecule has 0 unspecified atom stereocenters. The Morgan fingerprint density at radius 3 is 2.55 bits per heavy atom. The second-order valence-corrected chi connectivity index (χ2v) is 4.23. The second kappa shape index (κ2) is 6.10. The molecule has 0 fully saturated rings. The van der Waals surface area contributed by atoms with Crippen LogP contribution in [0.2, 0.25) is 0 Å². The Kier molecular flexibility index (Phi) is 4.24. The number of carboxylic acid groups (broad SMARTS) is 1. The molecule has 0 aromatic carbocycles. The zero-order valence-electron chi connectivity index (χ0n) is 11.4. The fourth-order valence-electron chi connectivity index (χ4n) is 1.77. The number of hydrogen-bond acceptors (Lipinski definition) is 4. The molecule has 0 saturated carbocycles. The molecule has 0 aliphatic heterocycles. The van der Waals surface area contributed by atoms with E-state index in [1.165, 1.54) is 6.08 Å². The predicted molar refractivity (Wildman–Crippen MR) is 74.6 cm³/mol. The summed E-state index contributed by atoms with van der Waals surface area (Å²) in [5.74, 6) is -0.504. The van der Waals surface area contributed by atoms with Gasteiger partial charge in [-0.25, -0.2) is 19.4 Å². The zero-order chi connectivity index (χ0) is 14.5. The number of aromatic nitrogens is 4. The molecule has 6 heteroatoms. The molecule has 0 bridgehead atoms. The molecule has 0 aliphatic rings. The van der Waals surface area contributed by atoms with E-state index < -0.39 is 5.97 Å². The lowest BCUT2D eigenvalue weighted by Gasteiger charge is -2.03. The van der Waals surface area contributed by atoms with Crippen LogP contribution in [0.1, 0.15) is 30.8 Å². The minimum absolute atomic E-state index is 0.494. The van der Waals surface area contributed by atoms with E-state index in [-0.39, 0.29) is 0 Å². The van der Waals surface area contributed by atoms with Crippen LogP contribution in [0.25, 0.3) is 12.0 Å². The lowest BCUT2D eigenvalue weighted by atomic mass is 10.3. The van der Waals surface area contributed by atoms with Crippen LogP contribution in [0.3, 0.4) is 0 Å². The SMILES string of the molecule is CCc1cc(CC)n(-c2ncc(/C=C/C(=O)O)cn2)n1. The van der Waals surface area contributed by atoms with Crippen molar-refractivity contribution in [1.29, 1.82) is 0 Å². The number of aryl methyl sites for hydroxylation is 2. The molecule has 0 spiro atoms. The second-order valence-electron chi connectivity index (χ2n) is 4.23. The van der Waals surface area contributed by atoms with Gasteiger partial charge in [0, 0.05) is 29.7 Å². The van der Waals surface area contributed by atoms with Gasteiger partial charge in [0.15, 0.2) is 0 Å². The van der Waals surface area contributed by atoms with Gasteiger partial charge in [-0.1, -0.05) is 13.8 Å². The molecule has 0 atom stereocenters. The van der Waals surface area contributed by atoms with Gasteiger partial charge in [0.2, 0.25) is 0 Å². The van der Waals surface area contributed by atoms with Crippen molar-refractivity contribution in [2.45, 2.75) is 26.7 Å². The van der Waals surface area contributed by atoms with Gasteiger partial charge in [0.1, 0.15) is 0 Å². The van der Waals surface area contributed by atoms with E-state index in [0.29, 0.717) is 11.5 Å². The summed E-state index contributed by atoms with van der Waals surface area (Å²) in [5, 5.41) is 13.0. The molecular weight excluding hydrogens is 256 g/mol. The first-order chi connectivity index (χ1) is 9.63. The number of hydrogen-bond donors (Lipinski definition) is 1. The first kappa shape index (κ1) is 13.9. The Morgan fingerprint density at radius 2 is 2.00 bits per heavy atom. The first-order valence-electron chi connectivity index (χ1n) is 6.45. The molecule has 2 heterocycles. The maximum atomic E-state index is 10.4. The van der Waals surface area contributed by atoms with Gasteiger partial charge in [-0.2, -0.15) is 5.10 Å². The first-order valence-corrected chi connectivity index (χ1v) is 6.45. The maximum absolute atomic E-state index is 10.4. The smallest absolute Gasteiger partial charge is 0.328 e. The van der Waals surface area contributed by atoms with Crippen molar-refractivity contribution in [1.82, 2.24) is 19.7 Å². The Bertz CT molecular complexity index is 629. The normalized spacial score (nSPS) is 11.1. The molecule has 0 radical (unpaired) electrons. The van der Waals surface area contributed by atoms with E-state index >= 15 is 0 Å². The standard InChI is InChI=1S/C14H16N4O2/c1-3-11-7-12(4-2)18(17-11)14-15-8-10(9-16-14)5-6-13(19)20/h5-9H,3-4H2,1-2H3,(H,19,20)/b6-5+. The molecule has 0 aliphatic carbocycles. The number of carboxylic acids is 1. The minimum Gasteiger partial charge on any atom is -0.478 e. The van der Waals surface area contributed by atoms with Crippen LogP contribution in [0.4, 0.5) is 0 Å². The Labute approximate surface area is 116 Å². The molecule has 2 aromatic rings. The van der Waals surface area contributed by atoms with Crippen molar-refractivity contribution in [2.24, 2.45) is 0 Å². The number of nitrogens with zero attached hydrogens (tertiary/aromatic N) is 4. The average Bonchev–Trinajstić information content (AvgIpc) is 2.89. The molecule has 2 rings (SSSR count). The van der Waals surface area contributed by atoms with E-state index in [4.69, 9.17) is 5.11 Å². The zero-order valence-corrected chi connectivity index (χ0v) is 11.4. The lowest BCUT2D eigenvalue weighted by Crippen LogP contribution is -2.06. The fraction of sp³-hybridized carbons (Fsp3) is 0.286. The average molecular weight is 272 g/mol. The molecular formula is C14H16N4O2. The minimum atomic E-state index is -0.998. The Balaban J connectivity index is 2.30. The predicted octanol–water partition coefficient (Wildman–Crippen LogP) is 1.88. The van der Waals surface area contributed by atoms with Crippen molar-refractivity contribution >= 4 is 12.0 Å². The largest absolute Gasteiger partial charge is 0.478 e. The Hall–Kier alpha value is -2.50. The third kappa shape index (κ3) is 3.09. The highest BCUT2D eigenvalue weighted by atomic mass is 16.4. The van der Waals surface area contributed by atoms with Crippen LogP contribution in [0.15, 0.2) is 24.5 Å². The van der Waals surface area contributed by atoms with Crippen molar-refractivity contribution in [2.75, 3.05) is 0 Å². The fourth-order valence-corrected chi connectivity index (χ4v) is 1.77. The van der Waals surface area contributed by atoms with Crippen LogP contribution in [0.5, 0.6) is 0 Å². The van der Waals surface area contributed by atoms with Crippen molar-refractivity contribution < 1.29 is 9.90 Å². The molecule has 2 aromatic heterocycles. The summed E-state index contributed by atoms with van der Waals surface area (Å²) in [6, 6.07) is 2.04. The van der Waals surface area contributed by atoms with E-state index in [2.05, 4.69) is 22.0 Å². The number of carbonyl (C=O) groups is 1. The summed E-state index contributed by atoms with van der Waals surface area (Å²) in [6.07, 6.45) is 7.37. The van der Waals surface area contributed by atoms with E-state index in [1.54, 1.807) is 17.1 Å². The molecule has 1 N–H and O–H groups in total. The lowest BCUT2D eigenvalue weighted by molar-refractivity contribution is -0.131. The summed E-state index contributed by atoms with van der Waals surface area (Å²) >= 11 is 0. The highest BCUT2D eigenvalue weighted by molar-refractivity contribution is 5.85. The molecule has 104 valence electrons. The van der Waals surface area contributed by atoms with Crippen LogP contribution in [0, 0.1) is 0 Å². The Morgan fingerprint density at radius 1 is 1.30 bits per heavy atom. The van der Waals surface area contributed by atoms with Crippen molar-refractivity contribution in [3.05, 3.63) is 41.5 Å². The number of rotatable bonds is 5. The van der Waals surface area contributed by atoms with Gasteiger partial charge in [-0.05, 0) is 25.0 Å². The highest BCUT2D eigenvalue weighted by Crippen LogP contribution is 2.11.